The molecule has 2 heterocycles. The van der Waals surface area contributed by atoms with E-state index in [-0.39, 0.29) is 0 Å². The van der Waals surface area contributed by atoms with Gasteiger partial charge in [0.2, 0.25) is 11.9 Å². The summed E-state index contributed by atoms with van der Waals surface area (Å²) in [7, 11) is 0. The van der Waals surface area contributed by atoms with Gasteiger partial charge < -0.3 is 15.4 Å². The minimum absolute atomic E-state index is 0.423. The van der Waals surface area contributed by atoms with Gasteiger partial charge in [0.15, 0.2) is 0 Å². The van der Waals surface area contributed by atoms with E-state index in [1.165, 1.54) is 5.56 Å². The number of rotatable bonds is 2. The Balaban J connectivity index is 2.02. The van der Waals surface area contributed by atoms with Crippen LogP contribution in [-0.4, -0.2) is 41.1 Å². The zero-order chi connectivity index (χ0) is 15.0. The first kappa shape index (κ1) is 13.9. The monoisotopic (exact) mass is 287 g/mol. The Bertz CT molecular complexity index is 635. The van der Waals surface area contributed by atoms with Crippen LogP contribution in [-0.2, 0) is 4.74 Å². The molecule has 1 saturated heterocycles. The number of nitrogens with zero attached hydrogens (tertiary/aromatic N) is 4. The van der Waals surface area contributed by atoms with Gasteiger partial charge in [-0.1, -0.05) is 17.7 Å². The number of aryl methyl sites for hydroxylation is 3. The van der Waals surface area contributed by atoms with E-state index < -0.39 is 0 Å². The summed E-state index contributed by atoms with van der Waals surface area (Å²) in [6, 6.07) is 4.27. The fraction of sp³-hybridized carbons (Fsp3) is 0.467. The molecule has 6 nitrogen and oxygen atoms in total. The number of morpholine rings is 1. The predicted octanol–water partition coefficient (Wildman–Crippen LogP) is 1.61. The second kappa shape index (κ2) is 5.37. The molecule has 21 heavy (non-hydrogen) atoms. The lowest BCUT2D eigenvalue weighted by Gasteiger charge is -2.25. The van der Waals surface area contributed by atoms with E-state index >= 15 is 0 Å². The topological polar surface area (TPSA) is 69.2 Å². The summed E-state index contributed by atoms with van der Waals surface area (Å²) in [5.74, 6) is 1.10. The third kappa shape index (κ3) is 2.58. The molecule has 0 unspecified atom stereocenters. The zero-order valence-corrected chi connectivity index (χ0v) is 12.8. The van der Waals surface area contributed by atoms with Gasteiger partial charge in [-0.2, -0.15) is 9.67 Å². The summed E-state index contributed by atoms with van der Waals surface area (Å²) < 4.78 is 7.10. The molecule has 0 saturated carbocycles. The minimum atomic E-state index is 0.423. The van der Waals surface area contributed by atoms with Gasteiger partial charge in [-0.25, -0.2) is 0 Å². The molecule has 2 aromatic rings. The molecular formula is C15H21N5O. The third-order valence-electron chi connectivity index (χ3n) is 3.76. The fourth-order valence-electron chi connectivity index (χ4n) is 2.88. The number of ether oxygens (including phenoxy) is 1. The van der Waals surface area contributed by atoms with E-state index in [0.29, 0.717) is 25.1 Å². The van der Waals surface area contributed by atoms with Crippen LogP contribution in [0.5, 0.6) is 0 Å². The van der Waals surface area contributed by atoms with Crippen LogP contribution in [0, 0.1) is 20.8 Å². The molecule has 0 spiro atoms. The van der Waals surface area contributed by atoms with E-state index in [4.69, 9.17) is 10.5 Å². The highest BCUT2D eigenvalue weighted by atomic mass is 16.5. The summed E-state index contributed by atoms with van der Waals surface area (Å²) in [5, 5.41) is 4.61. The molecule has 1 fully saturated rings. The van der Waals surface area contributed by atoms with Crippen LogP contribution in [0.25, 0.3) is 5.69 Å². The largest absolute Gasteiger partial charge is 0.378 e. The lowest BCUT2D eigenvalue weighted by Crippen LogP contribution is -2.37. The van der Waals surface area contributed by atoms with Crippen molar-refractivity contribution in [3.05, 3.63) is 28.8 Å². The summed E-state index contributed by atoms with van der Waals surface area (Å²) in [6.07, 6.45) is 0. The molecule has 0 amide bonds. The van der Waals surface area contributed by atoms with Crippen molar-refractivity contribution in [3.8, 4) is 5.69 Å². The molecular weight excluding hydrogens is 266 g/mol. The van der Waals surface area contributed by atoms with Gasteiger partial charge >= 0.3 is 0 Å². The van der Waals surface area contributed by atoms with Crippen LogP contribution in [0.15, 0.2) is 12.1 Å². The number of hydrogen-bond acceptors (Lipinski definition) is 5. The lowest BCUT2D eigenvalue weighted by molar-refractivity contribution is 0.122. The first-order valence-electron chi connectivity index (χ1n) is 7.19. The number of nitrogens with two attached hydrogens (primary N) is 1. The summed E-state index contributed by atoms with van der Waals surface area (Å²) >= 11 is 0. The predicted molar refractivity (Wildman–Crippen MR) is 83.0 cm³/mol. The maximum Gasteiger partial charge on any atom is 0.247 e. The standard InChI is InChI=1S/C15H21N5O/c1-10-8-11(2)13(12(3)9-10)20-14(16)17-15(18-20)19-4-6-21-7-5-19/h8-9H,4-7H2,1-3H3,(H2,16,17,18). The Kier molecular flexibility index (Phi) is 3.55. The molecule has 3 rings (SSSR count). The van der Waals surface area contributed by atoms with Crippen LogP contribution >= 0.6 is 0 Å². The zero-order valence-electron chi connectivity index (χ0n) is 12.8. The smallest absolute Gasteiger partial charge is 0.247 e. The van der Waals surface area contributed by atoms with Gasteiger partial charge in [0.1, 0.15) is 0 Å². The van der Waals surface area contributed by atoms with Crippen molar-refractivity contribution in [2.45, 2.75) is 20.8 Å². The van der Waals surface area contributed by atoms with E-state index in [9.17, 15) is 0 Å². The van der Waals surface area contributed by atoms with Gasteiger partial charge in [-0.15, -0.1) is 5.10 Å². The minimum Gasteiger partial charge on any atom is -0.378 e. The molecule has 112 valence electrons. The number of aromatic nitrogens is 3. The van der Waals surface area contributed by atoms with Gasteiger partial charge in [-0.05, 0) is 31.9 Å². The number of anilines is 2. The molecule has 1 aliphatic rings. The van der Waals surface area contributed by atoms with E-state index in [0.717, 1.165) is 29.9 Å². The fourth-order valence-corrected chi connectivity index (χ4v) is 2.88. The van der Waals surface area contributed by atoms with Gasteiger partial charge in [0, 0.05) is 13.1 Å². The Labute approximate surface area is 124 Å². The maximum absolute atomic E-state index is 6.09. The Hall–Kier alpha value is -2.08. The van der Waals surface area contributed by atoms with Crippen LogP contribution in [0.4, 0.5) is 11.9 Å². The van der Waals surface area contributed by atoms with Crippen molar-refractivity contribution in [1.82, 2.24) is 14.8 Å². The van der Waals surface area contributed by atoms with Crippen LogP contribution < -0.4 is 10.6 Å². The number of nitrogen functional groups attached to an aromatic ring is 1. The van der Waals surface area contributed by atoms with Crippen molar-refractivity contribution in [2.75, 3.05) is 36.9 Å². The van der Waals surface area contributed by atoms with Gasteiger partial charge in [0.25, 0.3) is 0 Å². The van der Waals surface area contributed by atoms with Crippen molar-refractivity contribution >= 4 is 11.9 Å². The SMILES string of the molecule is Cc1cc(C)c(-n2nc(N3CCOCC3)nc2N)c(C)c1. The average molecular weight is 287 g/mol. The molecule has 1 aliphatic heterocycles. The van der Waals surface area contributed by atoms with E-state index in [1.54, 1.807) is 4.68 Å². The quantitative estimate of drug-likeness (QED) is 0.909. The van der Waals surface area contributed by atoms with Crippen LogP contribution in [0.1, 0.15) is 16.7 Å². The molecule has 1 aromatic heterocycles. The average Bonchev–Trinajstić information content (AvgIpc) is 2.81. The van der Waals surface area contributed by atoms with Crippen molar-refractivity contribution in [3.63, 3.8) is 0 Å². The molecule has 0 aliphatic carbocycles. The highest BCUT2D eigenvalue weighted by Crippen LogP contribution is 2.24. The molecule has 2 N–H and O–H groups in total. The summed E-state index contributed by atoms with van der Waals surface area (Å²) in [4.78, 5) is 6.52. The summed E-state index contributed by atoms with van der Waals surface area (Å²) in [5.41, 5.74) is 10.6. The molecule has 6 heteroatoms. The highest BCUT2D eigenvalue weighted by molar-refractivity contribution is 5.53. The molecule has 0 radical (unpaired) electrons. The first-order chi connectivity index (χ1) is 10.1. The van der Waals surface area contributed by atoms with Crippen molar-refractivity contribution in [2.24, 2.45) is 0 Å². The van der Waals surface area contributed by atoms with Crippen LogP contribution in [0.2, 0.25) is 0 Å². The maximum atomic E-state index is 6.09. The Morgan fingerprint density at radius 3 is 2.33 bits per heavy atom. The first-order valence-corrected chi connectivity index (χ1v) is 7.19. The Morgan fingerprint density at radius 1 is 1.10 bits per heavy atom. The van der Waals surface area contributed by atoms with Crippen molar-refractivity contribution < 1.29 is 4.74 Å². The number of benzene rings is 1. The highest BCUT2D eigenvalue weighted by Gasteiger charge is 2.19. The summed E-state index contributed by atoms with van der Waals surface area (Å²) in [6.45, 7) is 9.25. The molecule has 0 atom stereocenters. The number of hydrogen-bond donors (Lipinski definition) is 1. The lowest BCUT2D eigenvalue weighted by atomic mass is 10.1. The molecule has 0 bridgehead atoms. The van der Waals surface area contributed by atoms with E-state index in [1.807, 2.05) is 0 Å². The van der Waals surface area contributed by atoms with Gasteiger partial charge in [0.05, 0.1) is 18.9 Å². The second-order valence-corrected chi connectivity index (χ2v) is 5.53. The molecule has 1 aromatic carbocycles. The second-order valence-electron chi connectivity index (χ2n) is 5.53. The van der Waals surface area contributed by atoms with Crippen molar-refractivity contribution in [1.29, 1.82) is 0 Å². The van der Waals surface area contributed by atoms with E-state index in [2.05, 4.69) is 47.9 Å². The van der Waals surface area contributed by atoms with Crippen LogP contribution in [0.3, 0.4) is 0 Å². The third-order valence-corrected chi connectivity index (χ3v) is 3.76. The van der Waals surface area contributed by atoms with Gasteiger partial charge in [-0.3, -0.25) is 0 Å². The Morgan fingerprint density at radius 2 is 1.71 bits per heavy atom. The normalized spacial score (nSPS) is 15.5.